The largest absolute Gasteiger partial charge is 0.382 e. The average Bonchev–Trinajstić information content (AvgIpc) is 3.25. The summed E-state index contributed by atoms with van der Waals surface area (Å²) in [5.41, 5.74) is 2.33. The van der Waals surface area contributed by atoms with Crippen molar-refractivity contribution in [1.82, 2.24) is 15.6 Å². The number of rotatable bonds is 7. The van der Waals surface area contributed by atoms with Gasteiger partial charge in [0.1, 0.15) is 0 Å². The molecule has 0 saturated carbocycles. The second-order valence-electron chi connectivity index (χ2n) is 6.16. The lowest BCUT2D eigenvalue weighted by Crippen LogP contribution is -2.50. The number of carbonyl (C=O) groups is 1. The van der Waals surface area contributed by atoms with Gasteiger partial charge in [-0.3, -0.25) is 0 Å². The topological polar surface area (TPSA) is 75.4 Å². The number of urea groups is 1. The molecule has 1 saturated heterocycles. The van der Waals surface area contributed by atoms with Crippen molar-refractivity contribution in [3.63, 3.8) is 0 Å². The normalized spacial score (nSPS) is 18.6. The van der Waals surface area contributed by atoms with E-state index in [0.29, 0.717) is 13.2 Å². The molecule has 0 radical (unpaired) electrons. The maximum atomic E-state index is 12.1. The molecule has 6 heteroatoms. The molecule has 2 atom stereocenters. The molecule has 0 aliphatic carbocycles. The van der Waals surface area contributed by atoms with Crippen molar-refractivity contribution in [2.45, 2.75) is 31.4 Å². The monoisotopic (exact) mass is 331 g/mol. The van der Waals surface area contributed by atoms with Gasteiger partial charge in [-0.25, -0.2) is 4.79 Å². The second-order valence-corrected chi connectivity index (χ2v) is 6.16. The Hall–Kier alpha value is -2.05. The molecule has 2 amide bonds. The molecule has 6 nitrogen and oxygen atoms in total. The van der Waals surface area contributed by atoms with Crippen LogP contribution in [0.1, 0.15) is 18.4 Å². The van der Waals surface area contributed by atoms with Gasteiger partial charge in [0.25, 0.3) is 0 Å². The van der Waals surface area contributed by atoms with Crippen LogP contribution in [0.5, 0.6) is 0 Å². The number of hydrogen-bond acceptors (Lipinski definition) is 3. The van der Waals surface area contributed by atoms with Gasteiger partial charge in [0.15, 0.2) is 0 Å². The molecule has 130 valence electrons. The summed E-state index contributed by atoms with van der Waals surface area (Å²) in [6.45, 7) is 1.81. The van der Waals surface area contributed by atoms with E-state index in [0.717, 1.165) is 31.4 Å². The summed E-state index contributed by atoms with van der Waals surface area (Å²) < 4.78 is 10.8. The molecule has 3 N–H and O–H groups in total. The summed E-state index contributed by atoms with van der Waals surface area (Å²) in [5, 5.41) is 7.07. The highest BCUT2D eigenvalue weighted by atomic mass is 16.5. The van der Waals surface area contributed by atoms with Crippen LogP contribution in [0, 0.1) is 0 Å². The minimum Gasteiger partial charge on any atom is -0.382 e. The number of carbonyl (C=O) groups excluding carboxylic acids is 1. The maximum Gasteiger partial charge on any atom is 0.315 e. The Balaban J connectivity index is 1.45. The zero-order valence-corrected chi connectivity index (χ0v) is 14.0. The van der Waals surface area contributed by atoms with Crippen molar-refractivity contribution in [3.8, 4) is 0 Å². The van der Waals surface area contributed by atoms with Crippen molar-refractivity contribution in [1.29, 1.82) is 0 Å². The van der Waals surface area contributed by atoms with E-state index in [1.165, 1.54) is 10.9 Å². The molecule has 0 bridgehead atoms. The minimum absolute atomic E-state index is 0.0479. The molecule has 3 rings (SSSR count). The number of methoxy groups -OCH3 is 1. The third-order valence-corrected chi connectivity index (χ3v) is 4.39. The minimum atomic E-state index is -0.171. The molecule has 1 fully saturated rings. The van der Waals surface area contributed by atoms with Crippen LogP contribution in [0.25, 0.3) is 10.9 Å². The Kier molecular flexibility index (Phi) is 5.72. The predicted octanol–water partition coefficient (Wildman–Crippen LogP) is 2.20. The molecule has 24 heavy (non-hydrogen) atoms. The number of fused-ring (bicyclic) bond motifs is 1. The van der Waals surface area contributed by atoms with Gasteiger partial charge in [-0.15, -0.1) is 0 Å². The first kappa shape index (κ1) is 16.8. The standard InChI is InChI=1S/C18H25N3O3/c1-23-12-16(17-3-2-10-24-17)21-18(22)20-8-6-13-4-5-15-14(11-13)7-9-19-15/h4-5,7,9,11,16-17,19H,2-3,6,8,10,12H2,1H3,(H2,20,21,22)/t16-,17+/m1/s1. The van der Waals surface area contributed by atoms with Crippen LogP contribution >= 0.6 is 0 Å². The lowest BCUT2D eigenvalue weighted by molar-refractivity contribution is 0.0470. The Labute approximate surface area is 141 Å². The molecule has 2 aromatic rings. The fraction of sp³-hybridized carbons (Fsp3) is 0.500. The van der Waals surface area contributed by atoms with E-state index in [2.05, 4.69) is 39.9 Å². The van der Waals surface area contributed by atoms with Gasteiger partial charge in [-0.05, 0) is 48.4 Å². The number of hydrogen-bond donors (Lipinski definition) is 3. The van der Waals surface area contributed by atoms with Crippen LogP contribution in [0.4, 0.5) is 4.79 Å². The summed E-state index contributed by atoms with van der Waals surface area (Å²) in [6, 6.07) is 8.07. The van der Waals surface area contributed by atoms with Gasteiger partial charge >= 0.3 is 6.03 Å². The average molecular weight is 331 g/mol. The SMILES string of the molecule is COC[C@@H](NC(=O)NCCc1ccc2[nH]ccc2c1)[C@@H]1CCCO1. The Morgan fingerprint density at radius 2 is 2.38 bits per heavy atom. The Morgan fingerprint density at radius 1 is 1.46 bits per heavy atom. The van der Waals surface area contributed by atoms with Crippen molar-refractivity contribution in [2.75, 3.05) is 26.9 Å². The van der Waals surface area contributed by atoms with Crippen LogP contribution < -0.4 is 10.6 Å². The number of H-pyrrole nitrogens is 1. The molecular formula is C18H25N3O3. The smallest absolute Gasteiger partial charge is 0.315 e. The number of aromatic amines is 1. The van der Waals surface area contributed by atoms with Gasteiger partial charge in [0, 0.05) is 32.0 Å². The molecule has 1 aliphatic heterocycles. The first-order valence-corrected chi connectivity index (χ1v) is 8.47. The number of benzene rings is 1. The number of nitrogens with one attached hydrogen (secondary N) is 3. The first-order valence-electron chi connectivity index (χ1n) is 8.47. The fourth-order valence-corrected chi connectivity index (χ4v) is 3.14. The third-order valence-electron chi connectivity index (χ3n) is 4.39. The molecule has 0 unspecified atom stereocenters. The van der Waals surface area contributed by atoms with E-state index >= 15 is 0 Å². The van der Waals surface area contributed by atoms with Gasteiger partial charge in [0.05, 0.1) is 18.8 Å². The Bertz CT molecular complexity index is 664. The van der Waals surface area contributed by atoms with Gasteiger partial charge in [-0.1, -0.05) is 6.07 Å². The maximum absolute atomic E-state index is 12.1. The van der Waals surface area contributed by atoms with Crippen LogP contribution in [0.15, 0.2) is 30.5 Å². The molecule has 2 heterocycles. The summed E-state index contributed by atoms with van der Waals surface area (Å²) >= 11 is 0. The molecule has 0 spiro atoms. The van der Waals surface area contributed by atoms with Crippen molar-refractivity contribution in [3.05, 3.63) is 36.0 Å². The van der Waals surface area contributed by atoms with Crippen molar-refractivity contribution >= 4 is 16.9 Å². The van der Waals surface area contributed by atoms with Gasteiger partial charge in [0.2, 0.25) is 0 Å². The second kappa shape index (κ2) is 8.17. The number of ether oxygens (including phenoxy) is 2. The van der Waals surface area contributed by atoms with Crippen LogP contribution in [0.3, 0.4) is 0 Å². The van der Waals surface area contributed by atoms with E-state index in [1.807, 2.05) is 6.20 Å². The Morgan fingerprint density at radius 3 is 3.17 bits per heavy atom. The summed E-state index contributed by atoms with van der Waals surface area (Å²) in [6.07, 6.45) is 4.78. The summed E-state index contributed by atoms with van der Waals surface area (Å²) in [5.74, 6) is 0. The van der Waals surface area contributed by atoms with Gasteiger partial charge in [-0.2, -0.15) is 0 Å². The molecular weight excluding hydrogens is 306 g/mol. The molecule has 1 aromatic carbocycles. The molecule has 1 aliphatic rings. The van der Waals surface area contributed by atoms with E-state index in [1.54, 1.807) is 7.11 Å². The zero-order chi connectivity index (χ0) is 16.8. The van der Waals surface area contributed by atoms with Crippen LogP contribution in [-0.2, 0) is 15.9 Å². The van der Waals surface area contributed by atoms with Crippen LogP contribution in [0.2, 0.25) is 0 Å². The zero-order valence-electron chi connectivity index (χ0n) is 14.0. The predicted molar refractivity (Wildman–Crippen MR) is 93.2 cm³/mol. The third kappa shape index (κ3) is 4.27. The fourth-order valence-electron chi connectivity index (χ4n) is 3.14. The highest BCUT2D eigenvalue weighted by Gasteiger charge is 2.27. The first-order chi connectivity index (χ1) is 11.8. The highest BCUT2D eigenvalue weighted by molar-refractivity contribution is 5.80. The number of amides is 2. The summed E-state index contributed by atoms with van der Waals surface area (Å²) in [4.78, 5) is 15.3. The lowest BCUT2D eigenvalue weighted by Gasteiger charge is -2.23. The van der Waals surface area contributed by atoms with E-state index in [9.17, 15) is 4.79 Å². The quantitative estimate of drug-likeness (QED) is 0.728. The molecule has 1 aromatic heterocycles. The van der Waals surface area contributed by atoms with Gasteiger partial charge < -0.3 is 25.1 Å². The number of aromatic nitrogens is 1. The van der Waals surface area contributed by atoms with Crippen molar-refractivity contribution in [2.24, 2.45) is 0 Å². The van der Waals surface area contributed by atoms with E-state index in [4.69, 9.17) is 9.47 Å². The van der Waals surface area contributed by atoms with E-state index in [-0.39, 0.29) is 18.2 Å². The van der Waals surface area contributed by atoms with Crippen molar-refractivity contribution < 1.29 is 14.3 Å². The van der Waals surface area contributed by atoms with Crippen LogP contribution in [-0.4, -0.2) is 50.0 Å². The highest BCUT2D eigenvalue weighted by Crippen LogP contribution is 2.16. The van der Waals surface area contributed by atoms with E-state index < -0.39 is 0 Å². The lowest BCUT2D eigenvalue weighted by atomic mass is 10.1. The summed E-state index contributed by atoms with van der Waals surface area (Å²) in [7, 11) is 1.64.